The van der Waals surface area contributed by atoms with Gasteiger partial charge in [-0.15, -0.1) is 0 Å². The first kappa shape index (κ1) is 19.8. The van der Waals surface area contributed by atoms with Gasteiger partial charge < -0.3 is 15.2 Å². The molecule has 0 spiro atoms. The highest BCUT2D eigenvalue weighted by Crippen LogP contribution is 2.24. The van der Waals surface area contributed by atoms with Crippen molar-refractivity contribution >= 4 is 23.5 Å². The molecule has 0 heterocycles. The highest BCUT2D eigenvalue weighted by atomic mass is 19.1. The largest absolute Gasteiger partial charge is 0.507 e. The van der Waals surface area contributed by atoms with Gasteiger partial charge >= 0.3 is 0 Å². The third kappa shape index (κ3) is 5.52. The zero-order valence-electron chi connectivity index (χ0n) is 15.6. The third-order valence-electron chi connectivity index (χ3n) is 3.94. The van der Waals surface area contributed by atoms with Crippen molar-refractivity contribution in [2.24, 2.45) is 0 Å². The molecule has 0 aliphatic heterocycles. The SMILES string of the molecule is CC(=O)Nc1ccc(O)c(C(=O)/C=C/c2ccc(Oc3ccc(F)cc3)cc2)c1. The Balaban J connectivity index is 1.68. The molecule has 0 saturated heterocycles. The number of carbonyl (C=O) groups excluding carboxylic acids is 2. The number of halogens is 1. The summed E-state index contributed by atoms with van der Waals surface area (Å²) in [6.07, 6.45) is 2.94. The van der Waals surface area contributed by atoms with Crippen LogP contribution in [0.5, 0.6) is 17.2 Å². The standard InChI is InChI=1S/C23H18FNO4/c1-15(26)25-18-7-13-23(28)21(14-18)22(27)12-4-16-2-8-19(9-3-16)29-20-10-5-17(24)6-11-20/h2-14,28H,1H3,(H,25,26)/b12-4+. The van der Waals surface area contributed by atoms with Crippen LogP contribution in [0.3, 0.4) is 0 Å². The maximum Gasteiger partial charge on any atom is 0.221 e. The average molecular weight is 391 g/mol. The van der Waals surface area contributed by atoms with Gasteiger partial charge in [-0.05, 0) is 66.2 Å². The minimum atomic E-state index is -0.402. The van der Waals surface area contributed by atoms with Gasteiger partial charge in [-0.3, -0.25) is 9.59 Å². The number of amides is 1. The number of nitrogens with one attached hydrogen (secondary N) is 1. The van der Waals surface area contributed by atoms with Gasteiger partial charge in [-0.25, -0.2) is 4.39 Å². The van der Waals surface area contributed by atoms with Crippen LogP contribution in [0.1, 0.15) is 22.8 Å². The maximum atomic E-state index is 12.9. The fourth-order valence-electron chi connectivity index (χ4n) is 2.56. The first-order valence-corrected chi connectivity index (χ1v) is 8.77. The van der Waals surface area contributed by atoms with E-state index >= 15 is 0 Å². The van der Waals surface area contributed by atoms with Crippen molar-refractivity contribution < 1.29 is 23.8 Å². The van der Waals surface area contributed by atoms with E-state index in [1.807, 2.05) is 0 Å². The second-order valence-electron chi connectivity index (χ2n) is 6.24. The molecule has 146 valence electrons. The Morgan fingerprint density at radius 1 is 0.966 bits per heavy atom. The summed E-state index contributed by atoms with van der Waals surface area (Å²) in [7, 11) is 0. The lowest BCUT2D eigenvalue weighted by Gasteiger charge is -2.06. The Morgan fingerprint density at radius 2 is 1.59 bits per heavy atom. The molecular weight excluding hydrogens is 373 g/mol. The van der Waals surface area contributed by atoms with E-state index in [-0.39, 0.29) is 23.0 Å². The van der Waals surface area contributed by atoms with Crippen LogP contribution >= 0.6 is 0 Å². The summed E-state index contributed by atoms with van der Waals surface area (Å²) < 4.78 is 18.5. The number of rotatable bonds is 6. The van der Waals surface area contributed by atoms with Crippen molar-refractivity contribution in [1.82, 2.24) is 0 Å². The minimum Gasteiger partial charge on any atom is -0.507 e. The zero-order chi connectivity index (χ0) is 20.8. The molecule has 0 aliphatic carbocycles. The monoisotopic (exact) mass is 391 g/mol. The number of benzene rings is 3. The molecule has 0 bridgehead atoms. The van der Waals surface area contributed by atoms with Crippen LogP contribution in [-0.2, 0) is 4.79 Å². The summed E-state index contributed by atoms with van der Waals surface area (Å²) in [5.41, 5.74) is 1.26. The molecule has 2 N–H and O–H groups in total. The molecule has 0 aromatic heterocycles. The quantitative estimate of drug-likeness (QED) is 0.345. The number of ether oxygens (including phenoxy) is 1. The van der Waals surface area contributed by atoms with Crippen LogP contribution in [0, 0.1) is 5.82 Å². The molecule has 1 amide bonds. The Hall–Kier alpha value is -3.93. The van der Waals surface area contributed by atoms with Crippen molar-refractivity contribution in [3.63, 3.8) is 0 Å². The number of ketones is 1. The van der Waals surface area contributed by atoms with Crippen LogP contribution in [0.25, 0.3) is 6.08 Å². The lowest BCUT2D eigenvalue weighted by atomic mass is 10.1. The number of allylic oxidation sites excluding steroid dienone is 1. The smallest absolute Gasteiger partial charge is 0.221 e. The molecule has 0 saturated carbocycles. The molecule has 6 heteroatoms. The normalized spacial score (nSPS) is 10.7. The minimum absolute atomic E-state index is 0.0868. The van der Waals surface area contributed by atoms with E-state index in [4.69, 9.17) is 4.74 Å². The number of aromatic hydroxyl groups is 1. The van der Waals surface area contributed by atoms with Gasteiger partial charge in [-0.2, -0.15) is 0 Å². The van der Waals surface area contributed by atoms with E-state index in [1.165, 1.54) is 55.5 Å². The Labute approximate surface area is 167 Å². The first-order valence-electron chi connectivity index (χ1n) is 8.77. The summed E-state index contributed by atoms with van der Waals surface area (Å²) in [5.74, 6) is -0.0954. The fraction of sp³-hybridized carbons (Fsp3) is 0.0435. The Morgan fingerprint density at radius 3 is 2.21 bits per heavy atom. The van der Waals surface area contributed by atoms with Crippen LogP contribution in [0.15, 0.2) is 72.8 Å². The van der Waals surface area contributed by atoms with E-state index in [2.05, 4.69) is 5.32 Å². The van der Waals surface area contributed by atoms with Crippen molar-refractivity contribution in [1.29, 1.82) is 0 Å². The molecule has 0 fully saturated rings. The topological polar surface area (TPSA) is 75.6 Å². The van der Waals surface area contributed by atoms with Crippen molar-refractivity contribution in [3.8, 4) is 17.2 Å². The van der Waals surface area contributed by atoms with E-state index in [0.29, 0.717) is 17.2 Å². The van der Waals surface area contributed by atoms with E-state index in [0.717, 1.165) is 5.56 Å². The second kappa shape index (κ2) is 8.84. The van der Waals surface area contributed by atoms with Gasteiger partial charge in [0, 0.05) is 12.6 Å². The van der Waals surface area contributed by atoms with Gasteiger partial charge in [0.25, 0.3) is 0 Å². The van der Waals surface area contributed by atoms with E-state index in [9.17, 15) is 19.1 Å². The molecule has 3 rings (SSSR count). The lowest BCUT2D eigenvalue weighted by Crippen LogP contribution is -2.06. The van der Waals surface area contributed by atoms with Crippen LogP contribution in [0.2, 0.25) is 0 Å². The molecule has 3 aromatic carbocycles. The van der Waals surface area contributed by atoms with Gasteiger partial charge in [0.2, 0.25) is 5.91 Å². The van der Waals surface area contributed by atoms with E-state index in [1.54, 1.807) is 30.3 Å². The molecule has 5 nitrogen and oxygen atoms in total. The van der Waals surface area contributed by atoms with Crippen LogP contribution in [0.4, 0.5) is 10.1 Å². The van der Waals surface area contributed by atoms with Crippen molar-refractivity contribution in [2.75, 3.05) is 5.32 Å². The van der Waals surface area contributed by atoms with Gasteiger partial charge in [-0.1, -0.05) is 18.2 Å². The first-order chi connectivity index (χ1) is 13.9. The Bertz CT molecular complexity index is 1060. The average Bonchev–Trinajstić information content (AvgIpc) is 2.70. The number of phenols is 1. The summed E-state index contributed by atoms with van der Waals surface area (Å²) in [6, 6.07) is 16.9. The van der Waals surface area contributed by atoms with E-state index < -0.39 is 5.78 Å². The fourth-order valence-corrected chi connectivity index (χ4v) is 2.56. The van der Waals surface area contributed by atoms with Gasteiger partial charge in [0.1, 0.15) is 23.1 Å². The number of anilines is 1. The molecule has 29 heavy (non-hydrogen) atoms. The number of hydrogen-bond acceptors (Lipinski definition) is 4. The molecule has 0 radical (unpaired) electrons. The molecule has 0 unspecified atom stereocenters. The highest BCUT2D eigenvalue weighted by molar-refractivity contribution is 6.09. The number of carbonyl (C=O) groups is 2. The maximum absolute atomic E-state index is 12.9. The number of phenolic OH excluding ortho intramolecular Hbond substituents is 1. The van der Waals surface area contributed by atoms with Crippen LogP contribution < -0.4 is 10.1 Å². The van der Waals surface area contributed by atoms with Crippen LogP contribution in [-0.4, -0.2) is 16.8 Å². The Kier molecular flexibility index (Phi) is 6.04. The molecule has 0 aliphatic rings. The summed E-state index contributed by atoms with van der Waals surface area (Å²) in [4.78, 5) is 23.5. The summed E-state index contributed by atoms with van der Waals surface area (Å²) in [5, 5.41) is 12.5. The lowest BCUT2D eigenvalue weighted by molar-refractivity contribution is -0.114. The highest BCUT2D eigenvalue weighted by Gasteiger charge is 2.10. The molecule has 0 atom stereocenters. The summed E-state index contributed by atoms with van der Waals surface area (Å²) >= 11 is 0. The van der Waals surface area contributed by atoms with Gasteiger partial charge in [0.15, 0.2) is 5.78 Å². The predicted molar refractivity (Wildman–Crippen MR) is 109 cm³/mol. The zero-order valence-corrected chi connectivity index (χ0v) is 15.6. The molecule has 3 aromatic rings. The predicted octanol–water partition coefficient (Wildman–Crippen LogP) is 5.18. The molecular formula is C23H18FNO4. The summed E-state index contributed by atoms with van der Waals surface area (Å²) in [6.45, 7) is 1.36. The van der Waals surface area contributed by atoms with Gasteiger partial charge in [0.05, 0.1) is 5.56 Å². The third-order valence-corrected chi connectivity index (χ3v) is 3.94. The van der Waals surface area contributed by atoms with Crippen molar-refractivity contribution in [3.05, 3.63) is 89.8 Å². The number of hydrogen-bond donors (Lipinski definition) is 2. The second-order valence-corrected chi connectivity index (χ2v) is 6.24. The van der Waals surface area contributed by atoms with Crippen molar-refractivity contribution in [2.45, 2.75) is 6.92 Å².